The van der Waals surface area contributed by atoms with Crippen molar-refractivity contribution in [3.63, 3.8) is 0 Å². The Labute approximate surface area is 246 Å². The van der Waals surface area contributed by atoms with Gasteiger partial charge in [-0.25, -0.2) is 9.37 Å². The molecule has 1 aromatic heterocycles. The van der Waals surface area contributed by atoms with Gasteiger partial charge in [0, 0.05) is 17.5 Å². The van der Waals surface area contributed by atoms with Crippen LogP contribution in [0, 0.1) is 15.9 Å². The molecule has 43 heavy (non-hydrogen) atoms. The van der Waals surface area contributed by atoms with Gasteiger partial charge in [-0.2, -0.15) is 9.78 Å². The Balaban J connectivity index is 1.48. The summed E-state index contributed by atoms with van der Waals surface area (Å²) in [5.41, 5.74) is 0.0147. The van der Waals surface area contributed by atoms with Gasteiger partial charge in [-0.05, 0) is 50.1 Å². The number of para-hydroxylation sites is 2. The maximum Gasteiger partial charge on any atom is 0.315 e. The summed E-state index contributed by atoms with van der Waals surface area (Å²) in [4.78, 5) is 42.1. The Morgan fingerprint density at radius 1 is 1.14 bits per heavy atom. The molecule has 1 aliphatic carbocycles. The molecule has 0 unspecified atom stereocenters. The average molecular weight is 588 g/mol. The number of carbonyl (C=O) groups excluding carboxylic acids is 1. The van der Waals surface area contributed by atoms with Gasteiger partial charge in [0.25, 0.3) is 11.5 Å². The van der Waals surface area contributed by atoms with Crippen LogP contribution in [0.4, 0.5) is 15.8 Å². The number of fused-ring (bicyclic) bond motifs is 1. The molecular formula is C31H30FN5O6. The molecule has 5 rings (SSSR count). The third kappa shape index (κ3) is 6.69. The van der Waals surface area contributed by atoms with Crippen LogP contribution in [-0.2, 0) is 4.79 Å². The second-order valence-electron chi connectivity index (χ2n) is 10.1. The van der Waals surface area contributed by atoms with Crippen molar-refractivity contribution in [1.29, 1.82) is 0 Å². The summed E-state index contributed by atoms with van der Waals surface area (Å²) in [5, 5.41) is 19.3. The first-order valence-electron chi connectivity index (χ1n) is 14.0. The van der Waals surface area contributed by atoms with Crippen molar-refractivity contribution < 1.29 is 23.6 Å². The third-order valence-electron chi connectivity index (χ3n) is 7.12. The summed E-state index contributed by atoms with van der Waals surface area (Å²) in [6.45, 7) is 1.21. The summed E-state index contributed by atoms with van der Waals surface area (Å²) in [6.07, 6.45) is 6.30. The van der Waals surface area contributed by atoms with E-state index in [4.69, 9.17) is 14.5 Å². The highest BCUT2D eigenvalue weighted by Crippen LogP contribution is 2.38. The molecule has 11 nitrogen and oxygen atoms in total. The number of nitro benzene ring substituents is 1. The van der Waals surface area contributed by atoms with E-state index in [1.807, 2.05) is 6.07 Å². The van der Waals surface area contributed by atoms with Crippen molar-refractivity contribution in [3.8, 4) is 11.5 Å². The number of benzene rings is 3. The number of rotatable bonds is 10. The molecular weight excluding hydrogens is 557 g/mol. The number of carbonyl (C=O) groups is 1. The quantitative estimate of drug-likeness (QED) is 0.141. The fourth-order valence-corrected chi connectivity index (χ4v) is 5.11. The zero-order valence-corrected chi connectivity index (χ0v) is 23.5. The molecule has 12 heteroatoms. The van der Waals surface area contributed by atoms with E-state index in [9.17, 15) is 24.1 Å². The molecule has 0 aliphatic heterocycles. The standard InChI is InChI=1S/C31H30FN5O6/c1-2-42-27-17-20(16-26(37(40)41)29(27)43-19-28(38)34-25-15-9-7-13-23(25)32)18-33-36-30(21-10-4-3-5-11-21)35-24-14-8-6-12-22(24)31(36)39/h6-9,12-18,21H,2-5,10-11,19H2,1H3,(H,34,38). The SMILES string of the molecule is CCOc1cc(C=Nn2c(C3CCCCC3)nc3ccccc3c2=O)cc([N+](=O)[O-])c1OCC(=O)Nc1ccccc1F. The topological polar surface area (TPSA) is 138 Å². The highest BCUT2D eigenvalue weighted by molar-refractivity contribution is 5.92. The van der Waals surface area contributed by atoms with Crippen LogP contribution in [0.3, 0.4) is 0 Å². The van der Waals surface area contributed by atoms with Crippen molar-refractivity contribution >= 4 is 34.4 Å². The monoisotopic (exact) mass is 587 g/mol. The van der Waals surface area contributed by atoms with Crippen molar-refractivity contribution in [2.24, 2.45) is 5.10 Å². The highest BCUT2D eigenvalue weighted by Gasteiger charge is 2.25. The molecule has 1 aliphatic rings. The van der Waals surface area contributed by atoms with E-state index >= 15 is 0 Å². The minimum atomic E-state index is -0.717. The van der Waals surface area contributed by atoms with Gasteiger partial charge in [-0.3, -0.25) is 19.7 Å². The van der Waals surface area contributed by atoms with Gasteiger partial charge in [0.05, 0.1) is 34.3 Å². The number of aromatic nitrogens is 2. The lowest BCUT2D eigenvalue weighted by Crippen LogP contribution is -2.25. The number of hydrogen-bond donors (Lipinski definition) is 1. The van der Waals surface area contributed by atoms with Gasteiger partial charge in [0.15, 0.2) is 12.4 Å². The van der Waals surface area contributed by atoms with Gasteiger partial charge in [0.2, 0.25) is 5.75 Å². The number of anilines is 1. The number of nitrogens with one attached hydrogen (secondary N) is 1. The zero-order valence-electron chi connectivity index (χ0n) is 23.5. The summed E-state index contributed by atoms with van der Waals surface area (Å²) >= 11 is 0. The molecule has 0 radical (unpaired) electrons. The van der Waals surface area contributed by atoms with Gasteiger partial charge in [0.1, 0.15) is 11.6 Å². The molecule has 1 saturated carbocycles. The van der Waals surface area contributed by atoms with Crippen LogP contribution in [0.1, 0.15) is 56.3 Å². The fourth-order valence-electron chi connectivity index (χ4n) is 5.11. The molecule has 1 amide bonds. The first kappa shape index (κ1) is 29.4. The van der Waals surface area contributed by atoms with E-state index in [-0.39, 0.29) is 40.8 Å². The van der Waals surface area contributed by atoms with Crippen molar-refractivity contribution in [1.82, 2.24) is 9.66 Å². The van der Waals surface area contributed by atoms with E-state index in [2.05, 4.69) is 10.4 Å². The molecule has 0 atom stereocenters. The lowest BCUT2D eigenvalue weighted by Gasteiger charge is -2.22. The summed E-state index contributed by atoms with van der Waals surface area (Å²) < 4.78 is 26.4. The number of amides is 1. The van der Waals surface area contributed by atoms with Crippen LogP contribution in [0.5, 0.6) is 11.5 Å². The number of halogens is 1. The number of ether oxygens (including phenoxy) is 2. The summed E-state index contributed by atoms with van der Waals surface area (Å²) in [5.74, 6) is -0.991. The first-order valence-corrected chi connectivity index (χ1v) is 14.0. The molecule has 222 valence electrons. The maximum atomic E-state index is 13.9. The van der Waals surface area contributed by atoms with Crippen LogP contribution in [0.15, 0.2) is 70.6 Å². The summed E-state index contributed by atoms with van der Waals surface area (Å²) in [6, 6.07) is 15.4. The van der Waals surface area contributed by atoms with E-state index in [0.717, 1.165) is 32.1 Å². The second kappa shape index (κ2) is 13.2. The van der Waals surface area contributed by atoms with Crippen LogP contribution in [0.2, 0.25) is 0 Å². The van der Waals surface area contributed by atoms with Crippen molar-refractivity contribution in [2.45, 2.75) is 44.9 Å². The largest absolute Gasteiger partial charge is 0.490 e. The molecule has 0 bridgehead atoms. The molecule has 1 fully saturated rings. The molecule has 1 heterocycles. The van der Waals surface area contributed by atoms with Crippen molar-refractivity contribution in [2.75, 3.05) is 18.5 Å². The Bertz CT molecular complexity index is 1750. The minimum absolute atomic E-state index is 0.00771. The van der Waals surface area contributed by atoms with Gasteiger partial charge in [-0.15, -0.1) is 0 Å². The van der Waals surface area contributed by atoms with Gasteiger partial charge >= 0.3 is 5.69 Å². The number of nitrogens with zero attached hydrogens (tertiary/aromatic N) is 4. The third-order valence-corrected chi connectivity index (χ3v) is 7.12. The van der Waals surface area contributed by atoms with Gasteiger partial charge in [-0.1, -0.05) is 43.5 Å². The van der Waals surface area contributed by atoms with Crippen molar-refractivity contribution in [3.05, 3.63) is 98.3 Å². The smallest absolute Gasteiger partial charge is 0.315 e. The number of nitro groups is 1. The van der Waals surface area contributed by atoms with Crippen LogP contribution >= 0.6 is 0 Å². The second-order valence-corrected chi connectivity index (χ2v) is 10.1. The lowest BCUT2D eigenvalue weighted by molar-refractivity contribution is -0.385. The van der Waals surface area contributed by atoms with Crippen LogP contribution < -0.4 is 20.3 Å². The fraction of sp³-hybridized carbons (Fsp3) is 0.290. The Hall–Kier alpha value is -5.13. The van der Waals surface area contributed by atoms with E-state index in [0.29, 0.717) is 16.7 Å². The Morgan fingerprint density at radius 2 is 1.88 bits per heavy atom. The van der Waals surface area contributed by atoms with E-state index < -0.39 is 28.9 Å². The predicted octanol–water partition coefficient (Wildman–Crippen LogP) is 5.79. The minimum Gasteiger partial charge on any atom is -0.490 e. The Kier molecular flexibility index (Phi) is 9.04. The molecule has 0 spiro atoms. The lowest BCUT2D eigenvalue weighted by atomic mass is 9.88. The summed E-state index contributed by atoms with van der Waals surface area (Å²) in [7, 11) is 0. The number of hydrogen-bond acceptors (Lipinski definition) is 8. The molecule has 0 saturated heterocycles. The predicted molar refractivity (Wildman–Crippen MR) is 160 cm³/mol. The molecule has 1 N–H and O–H groups in total. The van der Waals surface area contributed by atoms with E-state index in [1.165, 1.54) is 41.2 Å². The highest BCUT2D eigenvalue weighted by atomic mass is 19.1. The zero-order chi connectivity index (χ0) is 30.3. The van der Waals surface area contributed by atoms with E-state index in [1.54, 1.807) is 31.2 Å². The normalized spacial score (nSPS) is 13.7. The Morgan fingerprint density at radius 3 is 2.63 bits per heavy atom. The van der Waals surface area contributed by atoms with Crippen LogP contribution in [-0.4, -0.2) is 39.9 Å². The van der Waals surface area contributed by atoms with Crippen LogP contribution in [0.25, 0.3) is 10.9 Å². The molecule has 3 aromatic carbocycles. The first-order chi connectivity index (χ1) is 20.9. The van der Waals surface area contributed by atoms with Gasteiger partial charge < -0.3 is 14.8 Å². The average Bonchev–Trinajstić information content (AvgIpc) is 3.01. The maximum absolute atomic E-state index is 13.9. The molecule has 4 aromatic rings.